The minimum absolute atomic E-state index is 0.186. The summed E-state index contributed by atoms with van der Waals surface area (Å²) in [5.74, 6) is 0.129. The molecule has 1 aromatic carbocycles. The summed E-state index contributed by atoms with van der Waals surface area (Å²) in [6.07, 6.45) is 0.836. The Kier molecular flexibility index (Phi) is 5.26. The molecular weight excluding hydrogens is 341 g/mol. The van der Waals surface area contributed by atoms with Crippen molar-refractivity contribution in [2.24, 2.45) is 0 Å². The van der Waals surface area contributed by atoms with Crippen molar-refractivity contribution in [3.63, 3.8) is 0 Å². The molecule has 21 heavy (non-hydrogen) atoms. The van der Waals surface area contributed by atoms with Crippen LogP contribution in [0, 0.1) is 5.82 Å². The predicted molar refractivity (Wildman–Crippen MR) is 82.5 cm³/mol. The van der Waals surface area contributed by atoms with E-state index < -0.39 is 5.82 Å². The third-order valence-electron chi connectivity index (χ3n) is 2.47. The molecule has 0 radical (unpaired) electrons. The lowest BCUT2D eigenvalue weighted by Crippen LogP contribution is -2.08. The molecule has 0 aliphatic rings. The molecular formula is C13H15BrFN5O. The zero-order valence-electron chi connectivity index (χ0n) is 11.7. The molecule has 0 spiro atoms. The van der Waals surface area contributed by atoms with Crippen molar-refractivity contribution in [2.75, 3.05) is 24.3 Å². The molecule has 1 aromatic heterocycles. The van der Waals surface area contributed by atoms with Gasteiger partial charge in [0.25, 0.3) is 0 Å². The first kappa shape index (κ1) is 15.4. The molecule has 0 saturated heterocycles. The highest BCUT2D eigenvalue weighted by Crippen LogP contribution is 2.27. The minimum Gasteiger partial charge on any atom is -0.463 e. The van der Waals surface area contributed by atoms with Gasteiger partial charge in [0.2, 0.25) is 11.9 Å². The highest BCUT2D eigenvalue weighted by Gasteiger charge is 2.11. The van der Waals surface area contributed by atoms with E-state index in [1.807, 2.05) is 6.92 Å². The van der Waals surface area contributed by atoms with Crippen LogP contribution in [0.1, 0.15) is 13.3 Å². The van der Waals surface area contributed by atoms with E-state index in [0.29, 0.717) is 17.0 Å². The fraction of sp³-hybridized carbons (Fsp3) is 0.308. The van der Waals surface area contributed by atoms with Crippen molar-refractivity contribution in [3.8, 4) is 6.01 Å². The average Bonchev–Trinajstić information content (AvgIpc) is 2.49. The number of aromatic nitrogens is 3. The normalized spacial score (nSPS) is 10.3. The second-order valence-corrected chi connectivity index (χ2v) is 4.94. The summed E-state index contributed by atoms with van der Waals surface area (Å²) in [6, 6.07) is 4.86. The number of hydrogen-bond acceptors (Lipinski definition) is 6. The first-order chi connectivity index (χ1) is 10.1. The fourth-order valence-electron chi connectivity index (χ4n) is 1.51. The van der Waals surface area contributed by atoms with Crippen molar-refractivity contribution in [2.45, 2.75) is 13.3 Å². The predicted octanol–water partition coefficient (Wildman–Crippen LogP) is 3.35. The van der Waals surface area contributed by atoms with Gasteiger partial charge in [0.1, 0.15) is 5.82 Å². The van der Waals surface area contributed by atoms with Gasteiger partial charge in [0.15, 0.2) is 0 Å². The lowest BCUT2D eigenvalue weighted by Gasteiger charge is -2.10. The van der Waals surface area contributed by atoms with Crippen LogP contribution in [0.5, 0.6) is 6.01 Å². The number of rotatable bonds is 6. The molecule has 2 N–H and O–H groups in total. The van der Waals surface area contributed by atoms with Crippen molar-refractivity contribution in [3.05, 3.63) is 28.5 Å². The Bertz CT molecular complexity index is 605. The molecule has 112 valence electrons. The van der Waals surface area contributed by atoms with Gasteiger partial charge in [0.05, 0.1) is 12.3 Å². The van der Waals surface area contributed by atoms with Crippen LogP contribution < -0.4 is 15.4 Å². The van der Waals surface area contributed by atoms with Gasteiger partial charge in [-0.1, -0.05) is 13.0 Å². The maximum absolute atomic E-state index is 13.8. The SMILES string of the molecule is CCCOc1nc(NC)nc(Nc2c(F)cccc2Br)n1. The standard InChI is InChI=1S/C13H15BrFN5O/c1-3-7-21-13-19-11(16-2)18-12(20-13)17-10-8(14)5-4-6-9(10)15/h4-6H,3,7H2,1-2H3,(H2,16,17,18,19,20). The Labute approximate surface area is 130 Å². The van der Waals surface area contributed by atoms with E-state index in [1.165, 1.54) is 6.07 Å². The van der Waals surface area contributed by atoms with Crippen LogP contribution in [0.4, 0.5) is 22.0 Å². The Morgan fingerprint density at radius 2 is 2.00 bits per heavy atom. The highest BCUT2D eigenvalue weighted by atomic mass is 79.9. The second kappa shape index (κ2) is 7.16. The molecule has 0 unspecified atom stereocenters. The molecule has 8 heteroatoms. The van der Waals surface area contributed by atoms with Crippen LogP contribution in [0.25, 0.3) is 0 Å². The van der Waals surface area contributed by atoms with E-state index in [9.17, 15) is 4.39 Å². The average molecular weight is 356 g/mol. The summed E-state index contributed by atoms with van der Waals surface area (Å²) >= 11 is 3.28. The third kappa shape index (κ3) is 4.01. The topological polar surface area (TPSA) is 72.0 Å². The number of ether oxygens (including phenoxy) is 1. The molecule has 0 amide bonds. The second-order valence-electron chi connectivity index (χ2n) is 4.09. The van der Waals surface area contributed by atoms with Crippen LogP contribution in [0.15, 0.2) is 22.7 Å². The zero-order valence-corrected chi connectivity index (χ0v) is 13.2. The maximum Gasteiger partial charge on any atom is 0.323 e. The highest BCUT2D eigenvalue weighted by molar-refractivity contribution is 9.10. The molecule has 2 aromatic rings. The molecule has 6 nitrogen and oxygen atoms in total. The first-order valence-electron chi connectivity index (χ1n) is 6.41. The lowest BCUT2D eigenvalue weighted by molar-refractivity contribution is 0.292. The third-order valence-corrected chi connectivity index (χ3v) is 3.13. The van der Waals surface area contributed by atoms with E-state index in [4.69, 9.17) is 4.74 Å². The van der Waals surface area contributed by atoms with Crippen molar-refractivity contribution in [1.29, 1.82) is 0 Å². The molecule has 1 heterocycles. The molecule has 0 atom stereocenters. The first-order valence-corrected chi connectivity index (χ1v) is 7.21. The van der Waals surface area contributed by atoms with Crippen LogP contribution in [-0.4, -0.2) is 28.6 Å². The minimum atomic E-state index is -0.410. The Morgan fingerprint density at radius 3 is 2.67 bits per heavy atom. The molecule has 0 bridgehead atoms. The number of halogens is 2. The van der Waals surface area contributed by atoms with Crippen molar-refractivity contribution in [1.82, 2.24) is 15.0 Å². The summed E-state index contributed by atoms with van der Waals surface area (Å²) in [4.78, 5) is 12.3. The van der Waals surface area contributed by atoms with Gasteiger partial charge in [-0.25, -0.2) is 4.39 Å². The smallest absolute Gasteiger partial charge is 0.323 e. The fourth-order valence-corrected chi connectivity index (χ4v) is 1.95. The number of hydrogen-bond donors (Lipinski definition) is 2. The Balaban J connectivity index is 2.30. The number of nitrogens with one attached hydrogen (secondary N) is 2. The van der Waals surface area contributed by atoms with Gasteiger partial charge in [-0.2, -0.15) is 15.0 Å². The number of benzene rings is 1. The number of nitrogens with zero attached hydrogens (tertiary/aromatic N) is 3. The summed E-state index contributed by atoms with van der Waals surface area (Å²) in [6.45, 7) is 2.48. The molecule has 0 fully saturated rings. The van der Waals surface area contributed by atoms with Gasteiger partial charge >= 0.3 is 6.01 Å². The van der Waals surface area contributed by atoms with E-state index in [0.717, 1.165) is 6.42 Å². The van der Waals surface area contributed by atoms with E-state index in [1.54, 1.807) is 19.2 Å². The number of anilines is 3. The van der Waals surface area contributed by atoms with Crippen LogP contribution in [0.3, 0.4) is 0 Å². The zero-order chi connectivity index (χ0) is 15.2. The van der Waals surface area contributed by atoms with E-state index >= 15 is 0 Å². The van der Waals surface area contributed by atoms with Gasteiger partial charge in [0, 0.05) is 11.5 Å². The van der Waals surface area contributed by atoms with Crippen LogP contribution in [-0.2, 0) is 0 Å². The van der Waals surface area contributed by atoms with Gasteiger partial charge in [-0.05, 0) is 34.5 Å². The lowest BCUT2D eigenvalue weighted by atomic mass is 10.3. The van der Waals surface area contributed by atoms with E-state index in [-0.39, 0.29) is 17.6 Å². The monoisotopic (exact) mass is 355 g/mol. The Morgan fingerprint density at radius 1 is 1.24 bits per heavy atom. The molecule has 0 saturated carbocycles. The van der Waals surface area contributed by atoms with Crippen LogP contribution in [0.2, 0.25) is 0 Å². The quantitative estimate of drug-likeness (QED) is 0.827. The van der Waals surface area contributed by atoms with Crippen LogP contribution >= 0.6 is 15.9 Å². The summed E-state index contributed by atoms with van der Waals surface area (Å²) in [5, 5.41) is 5.64. The van der Waals surface area contributed by atoms with Gasteiger partial charge in [-0.15, -0.1) is 0 Å². The van der Waals surface area contributed by atoms with Crippen molar-refractivity contribution >= 4 is 33.5 Å². The Hall–Kier alpha value is -1.96. The van der Waals surface area contributed by atoms with Crippen molar-refractivity contribution < 1.29 is 9.13 Å². The molecule has 0 aliphatic carbocycles. The van der Waals surface area contributed by atoms with Gasteiger partial charge < -0.3 is 15.4 Å². The summed E-state index contributed by atoms with van der Waals surface area (Å²) in [7, 11) is 1.68. The molecule has 0 aliphatic heterocycles. The maximum atomic E-state index is 13.8. The van der Waals surface area contributed by atoms with E-state index in [2.05, 4.69) is 41.5 Å². The summed E-state index contributed by atoms with van der Waals surface area (Å²) in [5.41, 5.74) is 0.257. The molecule has 2 rings (SSSR count). The summed E-state index contributed by atoms with van der Waals surface area (Å²) < 4.78 is 19.8. The largest absolute Gasteiger partial charge is 0.463 e. The number of para-hydroxylation sites is 1. The van der Waals surface area contributed by atoms with Gasteiger partial charge in [-0.3, -0.25) is 0 Å².